The van der Waals surface area contributed by atoms with Gasteiger partial charge in [0.15, 0.2) is 22.7 Å². The molecule has 0 bridgehead atoms. The molecule has 1 aliphatic heterocycles. The first-order chi connectivity index (χ1) is 17.7. The molecule has 0 saturated carbocycles. The quantitative estimate of drug-likeness (QED) is 0.228. The van der Waals surface area contributed by atoms with E-state index >= 15 is 0 Å². The Bertz CT molecular complexity index is 1730. The second-order valence-electron chi connectivity index (χ2n) is 11.4. The highest BCUT2D eigenvalue weighted by Crippen LogP contribution is 2.47. The molecule has 4 N–H and O–H groups in total. The maximum absolute atomic E-state index is 14.0. The Kier molecular flexibility index (Phi) is 5.80. The van der Waals surface area contributed by atoms with Crippen molar-refractivity contribution in [1.82, 2.24) is 0 Å². The second kappa shape index (κ2) is 8.56. The SMILES string of the molecule is CC(C)=CCc1c(O)c(CCC(C)(C)O)c(O)c2c(=O)c3c(oc12)oc1c2c(c(O)cc13)OC(C)(C)C=C2. The minimum Gasteiger partial charge on any atom is -0.507 e. The van der Waals surface area contributed by atoms with Gasteiger partial charge in [0.25, 0.3) is 0 Å². The van der Waals surface area contributed by atoms with Crippen LogP contribution in [-0.4, -0.2) is 31.6 Å². The topological polar surface area (TPSA) is 134 Å². The van der Waals surface area contributed by atoms with Crippen LogP contribution < -0.4 is 10.2 Å². The molecule has 0 fully saturated rings. The van der Waals surface area contributed by atoms with Crippen molar-refractivity contribution in [2.75, 3.05) is 0 Å². The van der Waals surface area contributed by atoms with Gasteiger partial charge in [-0.05, 0) is 79.0 Å². The summed E-state index contributed by atoms with van der Waals surface area (Å²) >= 11 is 0. The lowest BCUT2D eigenvalue weighted by Gasteiger charge is -2.28. The summed E-state index contributed by atoms with van der Waals surface area (Å²) in [6.07, 6.45) is 6.10. The monoisotopic (exact) mass is 520 g/mol. The number of allylic oxidation sites excluding steroid dienone is 2. The van der Waals surface area contributed by atoms with E-state index in [9.17, 15) is 25.2 Å². The largest absolute Gasteiger partial charge is 0.507 e. The standard InChI is InChI=1S/C30H32O8/c1-14(2)7-8-16-22(32)15(9-11-29(3,4)35)23(33)21-24(34)20-18-13-19(31)26-17(10-12-30(5,6)38-26)25(18)36-28(20)37-27(16)21/h7,10,12-13,31-33,35H,8-9,11H2,1-6H3. The third-order valence-corrected chi connectivity index (χ3v) is 6.88. The number of hydrogen-bond acceptors (Lipinski definition) is 8. The van der Waals surface area contributed by atoms with Crippen LogP contribution in [0.25, 0.3) is 39.2 Å². The maximum Gasteiger partial charge on any atom is 0.302 e. The van der Waals surface area contributed by atoms with Crippen LogP contribution in [0.15, 0.2) is 37.4 Å². The van der Waals surface area contributed by atoms with Gasteiger partial charge >= 0.3 is 5.78 Å². The van der Waals surface area contributed by atoms with Crippen LogP contribution in [0.2, 0.25) is 0 Å². The number of phenolic OH excluding ortho intramolecular Hbond substituents is 3. The van der Waals surface area contributed by atoms with Gasteiger partial charge in [-0.1, -0.05) is 11.6 Å². The third kappa shape index (κ3) is 4.19. The zero-order chi connectivity index (χ0) is 27.7. The average molecular weight is 521 g/mol. The van der Waals surface area contributed by atoms with Crippen LogP contribution in [0.1, 0.15) is 64.7 Å². The lowest BCUT2D eigenvalue weighted by molar-refractivity contribution is 0.0711. The predicted molar refractivity (Wildman–Crippen MR) is 146 cm³/mol. The molecule has 0 radical (unpaired) electrons. The molecule has 8 nitrogen and oxygen atoms in total. The van der Waals surface area contributed by atoms with E-state index < -0.39 is 22.4 Å². The van der Waals surface area contributed by atoms with Gasteiger partial charge in [-0.2, -0.15) is 0 Å². The van der Waals surface area contributed by atoms with Gasteiger partial charge in [-0.15, -0.1) is 0 Å². The molecule has 0 unspecified atom stereocenters. The second-order valence-corrected chi connectivity index (χ2v) is 11.4. The van der Waals surface area contributed by atoms with Gasteiger partial charge in [-0.3, -0.25) is 4.79 Å². The highest BCUT2D eigenvalue weighted by molar-refractivity contribution is 6.11. The van der Waals surface area contributed by atoms with Gasteiger partial charge in [0.2, 0.25) is 5.43 Å². The van der Waals surface area contributed by atoms with E-state index in [1.807, 2.05) is 39.8 Å². The van der Waals surface area contributed by atoms with Crippen LogP contribution in [0.4, 0.5) is 0 Å². The molecular weight excluding hydrogens is 488 g/mol. The molecule has 0 aliphatic carbocycles. The molecule has 200 valence electrons. The smallest absolute Gasteiger partial charge is 0.302 e. The Balaban J connectivity index is 1.88. The molecule has 0 atom stereocenters. The Morgan fingerprint density at radius 1 is 1.03 bits per heavy atom. The maximum atomic E-state index is 14.0. The summed E-state index contributed by atoms with van der Waals surface area (Å²) in [5.74, 6) is -0.606. The number of aromatic hydroxyl groups is 3. The van der Waals surface area contributed by atoms with Crippen LogP contribution in [0.5, 0.6) is 23.0 Å². The van der Waals surface area contributed by atoms with Crippen molar-refractivity contribution in [3.63, 3.8) is 0 Å². The van der Waals surface area contributed by atoms with Crippen molar-refractivity contribution in [1.29, 1.82) is 0 Å². The van der Waals surface area contributed by atoms with Crippen LogP contribution in [0.3, 0.4) is 0 Å². The molecule has 8 heteroatoms. The molecular formula is C30H32O8. The highest BCUT2D eigenvalue weighted by atomic mass is 16.5. The molecule has 2 aromatic carbocycles. The normalized spacial score (nSPS) is 14.7. The minimum absolute atomic E-state index is 0.0204. The van der Waals surface area contributed by atoms with E-state index in [0.29, 0.717) is 22.1 Å². The minimum atomic E-state index is -1.05. The zero-order valence-corrected chi connectivity index (χ0v) is 22.4. The number of aliphatic hydroxyl groups is 1. The van der Waals surface area contributed by atoms with Crippen molar-refractivity contribution >= 4 is 39.2 Å². The number of fused-ring (bicyclic) bond motifs is 6. The molecule has 38 heavy (non-hydrogen) atoms. The van der Waals surface area contributed by atoms with Crippen molar-refractivity contribution < 1.29 is 34.0 Å². The van der Waals surface area contributed by atoms with Crippen molar-refractivity contribution in [3.05, 3.63) is 50.7 Å². The Morgan fingerprint density at radius 3 is 2.37 bits per heavy atom. The third-order valence-electron chi connectivity index (χ3n) is 6.88. The molecule has 4 aromatic rings. The average Bonchev–Trinajstić information content (AvgIpc) is 3.15. The van der Waals surface area contributed by atoms with E-state index in [4.69, 9.17) is 13.6 Å². The fourth-order valence-electron chi connectivity index (χ4n) is 4.85. The van der Waals surface area contributed by atoms with Crippen molar-refractivity contribution in [2.45, 2.75) is 72.0 Å². The zero-order valence-electron chi connectivity index (χ0n) is 22.4. The van der Waals surface area contributed by atoms with Crippen molar-refractivity contribution in [2.24, 2.45) is 0 Å². The fraction of sp³-hybridized carbons (Fsp3) is 0.367. The Morgan fingerprint density at radius 2 is 1.71 bits per heavy atom. The van der Waals surface area contributed by atoms with Crippen LogP contribution in [0, 0.1) is 0 Å². The molecule has 2 aromatic heterocycles. The lowest BCUT2D eigenvalue weighted by Crippen LogP contribution is -2.27. The molecule has 0 spiro atoms. The molecule has 0 saturated heterocycles. The summed E-state index contributed by atoms with van der Waals surface area (Å²) in [6, 6.07) is 1.40. The van der Waals surface area contributed by atoms with Crippen LogP contribution in [-0.2, 0) is 12.8 Å². The first kappa shape index (κ1) is 25.7. The fourth-order valence-corrected chi connectivity index (χ4v) is 4.85. The van der Waals surface area contributed by atoms with Gasteiger partial charge in [0.1, 0.15) is 27.9 Å². The Hall–Kier alpha value is -3.91. The molecule has 5 rings (SSSR count). The number of phenols is 3. The summed E-state index contributed by atoms with van der Waals surface area (Å²) < 4.78 is 18.1. The summed E-state index contributed by atoms with van der Waals surface area (Å²) in [4.78, 5) is 14.0. The summed E-state index contributed by atoms with van der Waals surface area (Å²) in [6.45, 7) is 10.8. The van der Waals surface area contributed by atoms with Crippen molar-refractivity contribution in [3.8, 4) is 23.0 Å². The number of benzene rings is 2. The first-order valence-corrected chi connectivity index (χ1v) is 12.6. The summed E-state index contributed by atoms with van der Waals surface area (Å²) in [5.41, 5.74) is 0.0266. The van der Waals surface area contributed by atoms with Gasteiger partial charge < -0.3 is 34.0 Å². The molecule has 0 amide bonds. The van der Waals surface area contributed by atoms with E-state index in [1.54, 1.807) is 19.9 Å². The molecule has 3 heterocycles. The first-order valence-electron chi connectivity index (χ1n) is 12.6. The number of rotatable bonds is 5. The van der Waals surface area contributed by atoms with Gasteiger partial charge in [0.05, 0.1) is 11.2 Å². The Labute approximate surface area is 219 Å². The van der Waals surface area contributed by atoms with Gasteiger partial charge in [0, 0.05) is 16.5 Å². The van der Waals surface area contributed by atoms with E-state index in [0.717, 1.165) is 5.57 Å². The van der Waals surface area contributed by atoms with E-state index in [2.05, 4.69) is 0 Å². The number of ether oxygens (including phenoxy) is 1. The van der Waals surface area contributed by atoms with Crippen LogP contribution >= 0.6 is 0 Å². The predicted octanol–water partition coefficient (Wildman–Crippen LogP) is 6.21. The summed E-state index contributed by atoms with van der Waals surface area (Å²) in [5, 5.41) is 43.8. The molecule has 1 aliphatic rings. The summed E-state index contributed by atoms with van der Waals surface area (Å²) in [7, 11) is 0. The number of furan rings is 1. The number of hydrogen-bond donors (Lipinski definition) is 4. The van der Waals surface area contributed by atoms with Gasteiger partial charge in [-0.25, -0.2) is 0 Å². The highest BCUT2D eigenvalue weighted by Gasteiger charge is 2.31. The van der Waals surface area contributed by atoms with E-state index in [-0.39, 0.29) is 64.2 Å². The van der Waals surface area contributed by atoms with E-state index in [1.165, 1.54) is 6.07 Å². The lowest BCUT2D eigenvalue weighted by atomic mass is 9.92.